The summed E-state index contributed by atoms with van der Waals surface area (Å²) < 4.78 is 0. The number of nitrogens with zero attached hydrogens (tertiary/aromatic N) is 1. The van der Waals surface area contributed by atoms with Crippen LogP contribution in [-0.2, 0) is 11.8 Å². The van der Waals surface area contributed by atoms with Crippen LogP contribution in [0.25, 0.3) is 0 Å². The number of benzene rings is 1. The highest BCUT2D eigenvalue weighted by molar-refractivity contribution is 7.80. The molecule has 1 rings (SSSR count). The summed E-state index contributed by atoms with van der Waals surface area (Å²) in [5, 5.41) is 0. The lowest BCUT2D eigenvalue weighted by molar-refractivity contribution is 0.360. The van der Waals surface area contributed by atoms with Gasteiger partial charge >= 0.3 is 0 Å². The van der Waals surface area contributed by atoms with Gasteiger partial charge in [-0.25, -0.2) is 0 Å². The van der Waals surface area contributed by atoms with Crippen LogP contribution in [0.15, 0.2) is 18.2 Å². The summed E-state index contributed by atoms with van der Waals surface area (Å²) in [5.41, 5.74) is 4.55. The molecule has 1 aromatic carbocycles. The number of thiol groups is 1. The van der Waals surface area contributed by atoms with Gasteiger partial charge in [0.05, 0.1) is 0 Å². The molecule has 102 valence electrons. The first kappa shape index (κ1) is 15.6. The molecule has 0 bridgehead atoms. The zero-order chi connectivity index (χ0) is 13.8. The molecule has 0 heterocycles. The molecule has 0 aliphatic carbocycles. The van der Waals surface area contributed by atoms with Crippen molar-refractivity contribution in [1.82, 2.24) is 4.90 Å². The molecular formula is C16H27NS. The van der Waals surface area contributed by atoms with E-state index < -0.39 is 0 Å². The SMILES string of the molecule is Cc1ccc(C(C)(C)C)cc1CCN(C)CCS. The Balaban J connectivity index is 2.76. The van der Waals surface area contributed by atoms with E-state index in [1.807, 2.05) is 0 Å². The highest BCUT2D eigenvalue weighted by Gasteiger charge is 2.14. The van der Waals surface area contributed by atoms with Gasteiger partial charge in [-0.05, 0) is 42.5 Å². The molecule has 0 aliphatic heterocycles. The van der Waals surface area contributed by atoms with Crippen molar-refractivity contribution in [2.45, 2.75) is 39.5 Å². The second-order valence-electron chi connectivity index (χ2n) is 6.17. The third kappa shape index (κ3) is 4.66. The minimum Gasteiger partial charge on any atom is -0.305 e. The van der Waals surface area contributed by atoms with Crippen LogP contribution in [0.1, 0.15) is 37.5 Å². The monoisotopic (exact) mass is 265 g/mol. The van der Waals surface area contributed by atoms with E-state index in [0.29, 0.717) is 0 Å². The van der Waals surface area contributed by atoms with Gasteiger partial charge in [-0.3, -0.25) is 0 Å². The fourth-order valence-corrected chi connectivity index (χ4v) is 2.34. The van der Waals surface area contributed by atoms with Crippen molar-refractivity contribution in [2.75, 3.05) is 25.9 Å². The van der Waals surface area contributed by atoms with E-state index in [1.54, 1.807) is 0 Å². The summed E-state index contributed by atoms with van der Waals surface area (Å²) in [5.74, 6) is 0.928. The Kier molecular flexibility index (Phi) is 5.74. The standard InChI is InChI=1S/C16H27NS/c1-13-6-7-15(16(2,3)4)12-14(13)8-9-17(5)10-11-18/h6-7,12,18H,8-11H2,1-5H3. The predicted molar refractivity (Wildman–Crippen MR) is 84.9 cm³/mol. The van der Waals surface area contributed by atoms with Crippen molar-refractivity contribution in [2.24, 2.45) is 0 Å². The third-order valence-corrected chi connectivity index (χ3v) is 3.66. The van der Waals surface area contributed by atoms with Crippen LogP contribution in [0.4, 0.5) is 0 Å². The smallest absolute Gasteiger partial charge is 0.00669 e. The second-order valence-corrected chi connectivity index (χ2v) is 6.62. The van der Waals surface area contributed by atoms with Gasteiger partial charge < -0.3 is 4.90 Å². The first-order chi connectivity index (χ1) is 8.34. The van der Waals surface area contributed by atoms with Crippen LogP contribution < -0.4 is 0 Å². The molecule has 1 aromatic rings. The maximum Gasteiger partial charge on any atom is 0.00669 e. The average Bonchev–Trinajstić information content (AvgIpc) is 2.26. The molecule has 0 saturated carbocycles. The molecular weight excluding hydrogens is 238 g/mol. The van der Waals surface area contributed by atoms with E-state index in [-0.39, 0.29) is 5.41 Å². The normalized spacial score (nSPS) is 12.2. The Bertz CT molecular complexity index is 379. The summed E-state index contributed by atoms with van der Waals surface area (Å²) >= 11 is 4.27. The number of hydrogen-bond acceptors (Lipinski definition) is 2. The predicted octanol–water partition coefficient (Wildman–Crippen LogP) is 3.70. The van der Waals surface area contributed by atoms with Crippen LogP contribution >= 0.6 is 12.6 Å². The summed E-state index contributed by atoms with van der Waals surface area (Å²) in [6, 6.07) is 6.90. The Hall–Kier alpha value is -0.470. The first-order valence-electron chi connectivity index (χ1n) is 6.74. The average molecular weight is 265 g/mol. The molecule has 2 heteroatoms. The van der Waals surface area contributed by atoms with Crippen LogP contribution in [0.5, 0.6) is 0 Å². The quantitative estimate of drug-likeness (QED) is 0.795. The maximum atomic E-state index is 4.27. The molecule has 0 aliphatic rings. The summed E-state index contributed by atoms with van der Waals surface area (Å²) in [6.07, 6.45) is 1.13. The Labute approximate surface area is 118 Å². The Morgan fingerprint density at radius 1 is 1.17 bits per heavy atom. The minimum absolute atomic E-state index is 0.236. The van der Waals surface area contributed by atoms with Crippen LogP contribution in [0.2, 0.25) is 0 Å². The molecule has 0 fully saturated rings. The highest BCUT2D eigenvalue weighted by atomic mass is 32.1. The van der Waals surface area contributed by atoms with Crippen LogP contribution in [0.3, 0.4) is 0 Å². The summed E-state index contributed by atoms with van der Waals surface area (Å²) in [7, 11) is 2.17. The lowest BCUT2D eigenvalue weighted by atomic mass is 9.85. The second kappa shape index (κ2) is 6.63. The fraction of sp³-hybridized carbons (Fsp3) is 0.625. The molecule has 0 radical (unpaired) electrons. The van der Waals surface area contributed by atoms with Crippen molar-refractivity contribution in [1.29, 1.82) is 0 Å². The van der Waals surface area contributed by atoms with Crippen LogP contribution in [0, 0.1) is 6.92 Å². The molecule has 0 N–H and O–H groups in total. The van der Waals surface area contributed by atoms with Crippen molar-refractivity contribution < 1.29 is 0 Å². The molecule has 0 spiro atoms. The zero-order valence-electron chi connectivity index (χ0n) is 12.5. The van der Waals surface area contributed by atoms with Crippen molar-refractivity contribution in [3.63, 3.8) is 0 Å². The van der Waals surface area contributed by atoms with E-state index in [1.165, 1.54) is 16.7 Å². The van der Waals surface area contributed by atoms with Gasteiger partial charge in [-0.15, -0.1) is 0 Å². The van der Waals surface area contributed by atoms with E-state index in [4.69, 9.17) is 0 Å². The lowest BCUT2D eigenvalue weighted by Crippen LogP contribution is -2.23. The van der Waals surface area contributed by atoms with Gasteiger partial charge in [0.25, 0.3) is 0 Å². The number of rotatable bonds is 5. The van der Waals surface area contributed by atoms with Gasteiger partial charge in [-0.1, -0.05) is 39.0 Å². The van der Waals surface area contributed by atoms with Gasteiger partial charge in [0.1, 0.15) is 0 Å². The van der Waals surface area contributed by atoms with E-state index in [9.17, 15) is 0 Å². The van der Waals surface area contributed by atoms with E-state index in [0.717, 1.165) is 25.3 Å². The Morgan fingerprint density at radius 3 is 2.39 bits per heavy atom. The lowest BCUT2D eigenvalue weighted by Gasteiger charge is -2.22. The minimum atomic E-state index is 0.236. The number of hydrogen-bond donors (Lipinski definition) is 1. The maximum absolute atomic E-state index is 4.27. The Morgan fingerprint density at radius 2 is 1.83 bits per heavy atom. The molecule has 0 saturated heterocycles. The number of likely N-dealkylation sites (N-methyl/N-ethyl adjacent to an activating group) is 1. The van der Waals surface area contributed by atoms with Gasteiger partial charge in [0.2, 0.25) is 0 Å². The van der Waals surface area contributed by atoms with Gasteiger partial charge in [0.15, 0.2) is 0 Å². The summed E-state index contributed by atoms with van der Waals surface area (Å²) in [6.45, 7) is 11.2. The molecule has 0 amide bonds. The molecule has 0 unspecified atom stereocenters. The number of aryl methyl sites for hydroxylation is 1. The zero-order valence-corrected chi connectivity index (χ0v) is 13.3. The summed E-state index contributed by atoms with van der Waals surface area (Å²) in [4.78, 5) is 2.34. The van der Waals surface area contributed by atoms with Crippen molar-refractivity contribution >= 4 is 12.6 Å². The fourth-order valence-electron chi connectivity index (χ4n) is 2.00. The third-order valence-electron chi connectivity index (χ3n) is 3.46. The van der Waals surface area contributed by atoms with Gasteiger partial charge in [-0.2, -0.15) is 12.6 Å². The van der Waals surface area contributed by atoms with Gasteiger partial charge in [0, 0.05) is 18.8 Å². The van der Waals surface area contributed by atoms with Crippen molar-refractivity contribution in [3.05, 3.63) is 34.9 Å². The highest BCUT2D eigenvalue weighted by Crippen LogP contribution is 2.24. The molecule has 18 heavy (non-hydrogen) atoms. The van der Waals surface area contributed by atoms with Crippen LogP contribution in [-0.4, -0.2) is 30.8 Å². The van der Waals surface area contributed by atoms with Crippen molar-refractivity contribution in [3.8, 4) is 0 Å². The topological polar surface area (TPSA) is 3.24 Å². The van der Waals surface area contributed by atoms with E-state index in [2.05, 4.69) is 70.5 Å². The molecule has 1 nitrogen and oxygen atoms in total. The molecule has 0 atom stereocenters. The first-order valence-corrected chi connectivity index (χ1v) is 7.37. The van der Waals surface area contributed by atoms with E-state index >= 15 is 0 Å². The largest absolute Gasteiger partial charge is 0.305 e. The molecule has 0 aromatic heterocycles.